The lowest BCUT2D eigenvalue weighted by molar-refractivity contribution is 0.238. The molecule has 1 fully saturated rings. The lowest BCUT2D eigenvalue weighted by Gasteiger charge is -2.38. The molecule has 1 aliphatic heterocycles. The molecule has 0 amide bonds. The highest BCUT2D eigenvalue weighted by Crippen LogP contribution is 2.37. The summed E-state index contributed by atoms with van der Waals surface area (Å²) in [6, 6.07) is 0. The first kappa shape index (κ1) is 14.8. The van der Waals surface area contributed by atoms with Gasteiger partial charge in [-0.1, -0.05) is 33.6 Å². The monoisotopic (exact) mass is 281 g/mol. The third-order valence-electron chi connectivity index (χ3n) is 4.53. The van der Waals surface area contributed by atoms with E-state index >= 15 is 0 Å². The van der Waals surface area contributed by atoms with Gasteiger partial charge >= 0.3 is 0 Å². The molecular weight excluding hydrogens is 254 g/mol. The number of aromatic nitrogens is 1. The molecule has 108 valence electrons. The van der Waals surface area contributed by atoms with Crippen LogP contribution in [0.2, 0.25) is 0 Å². The van der Waals surface area contributed by atoms with Crippen molar-refractivity contribution in [1.29, 1.82) is 0 Å². The van der Waals surface area contributed by atoms with Crippen molar-refractivity contribution in [3.63, 3.8) is 0 Å². The molecule has 1 aromatic rings. The molecule has 0 spiro atoms. The number of piperidine rings is 1. The Bertz CT molecular complexity index is 406. The molecule has 0 atom stereocenters. The van der Waals surface area contributed by atoms with Gasteiger partial charge in [0.05, 0.1) is 5.69 Å². The number of hydrogen-bond donors (Lipinski definition) is 1. The van der Waals surface area contributed by atoms with Crippen LogP contribution in [0.25, 0.3) is 0 Å². The van der Waals surface area contributed by atoms with Crippen LogP contribution in [0.4, 0.5) is 5.13 Å². The van der Waals surface area contributed by atoms with Crippen molar-refractivity contribution in [2.24, 2.45) is 11.1 Å². The molecular formula is C15H27N3S. The normalized spacial score (nSPS) is 18.8. The second kappa shape index (κ2) is 6.23. The summed E-state index contributed by atoms with van der Waals surface area (Å²) in [7, 11) is 0. The van der Waals surface area contributed by atoms with Crippen molar-refractivity contribution >= 4 is 16.5 Å². The SMILES string of the molecule is CCCc1nc(N2CCC(C)(CC)CC2)sc1CN. The molecule has 4 heteroatoms. The fourth-order valence-electron chi connectivity index (χ4n) is 2.69. The molecule has 1 aliphatic rings. The summed E-state index contributed by atoms with van der Waals surface area (Å²) in [4.78, 5) is 8.57. The predicted molar refractivity (Wildman–Crippen MR) is 83.8 cm³/mol. The van der Waals surface area contributed by atoms with Crippen molar-refractivity contribution in [2.75, 3.05) is 18.0 Å². The van der Waals surface area contributed by atoms with E-state index in [1.165, 1.54) is 35.0 Å². The van der Waals surface area contributed by atoms with E-state index in [2.05, 4.69) is 25.7 Å². The number of hydrogen-bond acceptors (Lipinski definition) is 4. The average molecular weight is 281 g/mol. The number of rotatable bonds is 5. The molecule has 1 saturated heterocycles. The standard InChI is InChI=1S/C15H27N3S/c1-4-6-12-13(11-16)19-14(17-12)18-9-7-15(3,5-2)8-10-18/h4-11,16H2,1-3H3. The summed E-state index contributed by atoms with van der Waals surface area (Å²) in [5.74, 6) is 0. The Hall–Kier alpha value is -0.610. The van der Waals surface area contributed by atoms with Crippen LogP contribution in [0.15, 0.2) is 0 Å². The highest BCUT2D eigenvalue weighted by Gasteiger charge is 2.29. The van der Waals surface area contributed by atoms with Crippen LogP contribution in [-0.4, -0.2) is 18.1 Å². The molecule has 0 aromatic carbocycles. The summed E-state index contributed by atoms with van der Waals surface area (Å²) < 4.78 is 0. The van der Waals surface area contributed by atoms with E-state index in [4.69, 9.17) is 10.7 Å². The molecule has 0 radical (unpaired) electrons. The van der Waals surface area contributed by atoms with Crippen molar-refractivity contribution < 1.29 is 0 Å². The number of thiazole rings is 1. The summed E-state index contributed by atoms with van der Waals surface area (Å²) in [6.45, 7) is 9.85. The molecule has 2 N–H and O–H groups in total. The summed E-state index contributed by atoms with van der Waals surface area (Å²) in [5.41, 5.74) is 7.61. The Morgan fingerprint density at radius 1 is 1.32 bits per heavy atom. The predicted octanol–water partition coefficient (Wildman–Crippen LogP) is 3.57. The average Bonchev–Trinajstić information content (AvgIpc) is 2.83. The van der Waals surface area contributed by atoms with Gasteiger partial charge in [-0.05, 0) is 24.7 Å². The first-order valence-corrected chi connectivity index (χ1v) is 8.37. The molecule has 0 bridgehead atoms. The Balaban J connectivity index is 2.07. The van der Waals surface area contributed by atoms with Crippen molar-refractivity contribution in [2.45, 2.75) is 59.4 Å². The zero-order valence-electron chi connectivity index (χ0n) is 12.5. The zero-order valence-corrected chi connectivity index (χ0v) is 13.4. The smallest absolute Gasteiger partial charge is 0.185 e. The van der Waals surface area contributed by atoms with Crippen LogP contribution < -0.4 is 10.6 Å². The van der Waals surface area contributed by atoms with Gasteiger partial charge < -0.3 is 10.6 Å². The molecule has 0 saturated carbocycles. The minimum absolute atomic E-state index is 0.538. The third kappa shape index (κ3) is 3.29. The van der Waals surface area contributed by atoms with Gasteiger partial charge in [0.1, 0.15) is 0 Å². The van der Waals surface area contributed by atoms with Crippen LogP contribution in [-0.2, 0) is 13.0 Å². The van der Waals surface area contributed by atoms with E-state index in [0.29, 0.717) is 12.0 Å². The highest BCUT2D eigenvalue weighted by molar-refractivity contribution is 7.15. The maximum atomic E-state index is 5.84. The van der Waals surface area contributed by atoms with Crippen LogP contribution in [0, 0.1) is 5.41 Å². The Morgan fingerprint density at radius 2 is 2.00 bits per heavy atom. The molecule has 0 aliphatic carbocycles. The van der Waals surface area contributed by atoms with E-state index in [9.17, 15) is 0 Å². The zero-order chi connectivity index (χ0) is 13.9. The minimum atomic E-state index is 0.538. The molecule has 3 nitrogen and oxygen atoms in total. The summed E-state index contributed by atoms with van der Waals surface area (Å²) in [6.07, 6.45) is 6.05. The quantitative estimate of drug-likeness (QED) is 0.897. The van der Waals surface area contributed by atoms with Crippen molar-refractivity contribution in [3.8, 4) is 0 Å². The van der Waals surface area contributed by atoms with E-state index in [-0.39, 0.29) is 0 Å². The van der Waals surface area contributed by atoms with E-state index < -0.39 is 0 Å². The van der Waals surface area contributed by atoms with Crippen molar-refractivity contribution in [1.82, 2.24) is 4.98 Å². The molecule has 0 unspecified atom stereocenters. The van der Waals surface area contributed by atoms with Gasteiger partial charge in [0.25, 0.3) is 0 Å². The van der Waals surface area contributed by atoms with Gasteiger partial charge in [-0.2, -0.15) is 0 Å². The second-order valence-electron chi connectivity index (χ2n) is 5.97. The minimum Gasteiger partial charge on any atom is -0.348 e. The molecule has 1 aromatic heterocycles. The van der Waals surface area contributed by atoms with Crippen LogP contribution in [0.3, 0.4) is 0 Å². The fraction of sp³-hybridized carbons (Fsp3) is 0.800. The van der Waals surface area contributed by atoms with E-state index in [1.807, 2.05) is 0 Å². The van der Waals surface area contributed by atoms with Crippen LogP contribution >= 0.6 is 11.3 Å². The summed E-state index contributed by atoms with van der Waals surface area (Å²) in [5, 5.41) is 1.20. The van der Waals surface area contributed by atoms with Gasteiger partial charge in [0, 0.05) is 24.5 Å². The fourth-order valence-corrected chi connectivity index (χ4v) is 3.72. The van der Waals surface area contributed by atoms with Gasteiger partial charge in [-0.15, -0.1) is 11.3 Å². The Labute approximate surface area is 121 Å². The van der Waals surface area contributed by atoms with Gasteiger partial charge in [0.15, 0.2) is 5.13 Å². The summed E-state index contributed by atoms with van der Waals surface area (Å²) >= 11 is 1.80. The maximum Gasteiger partial charge on any atom is 0.185 e. The van der Waals surface area contributed by atoms with Gasteiger partial charge in [-0.25, -0.2) is 4.98 Å². The van der Waals surface area contributed by atoms with Crippen molar-refractivity contribution in [3.05, 3.63) is 10.6 Å². The molecule has 2 heterocycles. The highest BCUT2D eigenvalue weighted by atomic mass is 32.1. The topological polar surface area (TPSA) is 42.2 Å². The number of anilines is 1. The number of aryl methyl sites for hydroxylation is 1. The lowest BCUT2D eigenvalue weighted by Crippen LogP contribution is -2.38. The first-order chi connectivity index (χ1) is 9.11. The Kier molecular flexibility index (Phi) is 4.85. The maximum absolute atomic E-state index is 5.84. The number of nitrogens with two attached hydrogens (primary N) is 1. The van der Waals surface area contributed by atoms with Gasteiger partial charge in [-0.3, -0.25) is 0 Å². The van der Waals surface area contributed by atoms with E-state index in [0.717, 1.165) is 25.9 Å². The van der Waals surface area contributed by atoms with E-state index in [1.54, 1.807) is 11.3 Å². The molecule has 2 rings (SSSR count). The lowest BCUT2D eigenvalue weighted by atomic mass is 9.78. The first-order valence-electron chi connectivity index (χ1n) is 7.55. The number of nitrogens with zero attached hydrogens (tertiary/aromatic N) is 2. The van der Waals surface area contributed by atoms with Gasteiger partial charge in [0.2, 0.25) is 0 Å². The third-order valence-corrected chi connectivity index (χ3v) is 5.71. The largest absolute Gasteiger partial charge is 0.348 e. The van der Waals surface area contributed by atoms with Crippen LogP contribution in [0.1, 0.15) is 57.0 Å². The molecule has 19 heavy (non-hydrogen) atoms. The van der Waals surface area contributed by atoms with Crippen LogP contribution in [0.5, 0.6) is 0 Å². The second-order valence-corrected chi connectivity index (χ2v) is 7.03. The Morgan fingerprint density at radius 3 is 2.53 bits per heavy atom.